The minimum Gasteiger partial charge on any atom is -0.463 e. The highest BCUT2D eigenvalue weighted by atomic mass is 35.5. The molecule has 3 rings (SSSR count). The molecule has 0 bridgehead atoms. The summed E-state index contributed by atoms with van der Waals surface area (Å²) in [6.07, 6.45) is -1.44. The summed E-state index contributed by atoms with van der Waals surface area (Å²) in [5, 5.41) is 2.91. The molecule has 0 saturated carbocycles. The highest BCUT2D eigenvalue weighted by molar-refractivity contribution is 6.35. The van der Waals surface area contributed by atoms with Crippen LogP contribution in [0.2, 0.25) is 5.15 Å². The number of carbonyl (C=O) groups excluding carboxylic acids is 4. The van der Waals surface area contributed by atoms with Crippen LogP contribution < -0.4 is 5.32 Å². The third-order valence-corrected chi connectivity index (χ3v) is 5.54. The van der Waals surface area contributed by atoms with Crippen molar-refractivity contribution in [1.82, 2.24) is 14.5 Å². The minimum absolute atomic E-state index is 0.0231. The van der Waals surface area contributed by atoms with E-state index in [-0.39, 0.29) is 28.5 Å². The Morgan fingerprint density at radius 3 is 2.38 bits per heavy atom. The van der Waals surface area contributed by atoms with Gasteiger partial charge in [0, 0.05) is 27.0 Å². The number of nitrogens with zero attached hydrogens (tertiary/aromatic N) is 3. The third-order valence-electron chi connectivity index (χ3n) is 5.26. The Morgan fingerprint density at radius 2 is 1.81 bits per heavy atom. The van der Waals surface area contributed by atoms with Crippen molar-refractivity contribution in [2.75, 3.05) is 11.9 Å². The van der Waals surface area contributed by atoms with Gasteiger partial charge in [0.1, 0.15) is 35.4 Å². The van der Waals surface area contributed by atoms with Gasteiger partial charge in [0.15, 0.2) is 17.9 Å². The van der Waals surface area contributed by atoms with Crippen molar-refractivity contribution < 1.29 is 42.9 Å². The zero-order chi connectivity index (χ0) is 27.7. The maximum atomic E-state index is 12.5. The van der Waals surface area contributed by atoms with Gasteiger partial charge in [0.2, 0.25) is 0 Å². The van der Waals surface area contributed by atoms with Crippen molar-refractivity contribution in [3.63, 3.8) is 0 Å². The van der Waals surface area contributed by atoms with Crippen LogP contribution in [0.5, 0.6) is 0 Å². The molecule has 1 fully saturated rings. The molecule has 0 aliphatic carbocycles. The second-order valence-electron chi connectivity index (χ2n) is 9.58. The summed E-state index contributed by atoms with van der Waals surface area (Å²) in [6, 6.07) is 0. The molecule has 4 atom stereocenters. The van der Waals surface area contributed by atoms with E-state index in [4.69, 9.17) is 35.3 Å². The van der Waals surface area contributed by atoms with Crippen molar-refractivity contribution in [3.8, 4) is 0 Å². The van der Waals surface area contributed by atoms with Crippen LogP contribution in [-0.2, 0) is 38.1 Å². The topological polar surface area (TPSA) is 157 Å². The number of halogens is 1. The number of hydrogen-bond acceptors (Lipinski definition) is 11. The van der Waals surface area contributed by atoms with E-state index in [1.165, 1.54) is 44.8 Å². The van der Waals surface area contributed by atoms with Crippen LogP contribution in [0.4, 0.5) is 10.5 Å². The average molecular weight is 541 g/mol. The number of aromatic nitrogens is 3. The molecule has 1 saturated heterocycles. The minimum atomic E-state index is -1.62. The molecular formula is C23H29ClN4O9. The predicted octanol–water partition coefficient (Wildman–Crippen LogP) is 3.15. The monoisotopic (exact) mass is 540 g/mol. The summed E-state index contributed by atoms with van der Waals surface area (Å²) in [5.74, 6) is -1.94. The highest BCUT2D eigenvalue weighted by Crippen LogP contribution is 2.46. The fourth-order valence-electron chi connectivity index (χ4n) is 4.07. The predicted molar refractivity (Wildman–Crippen MR) is 129 cm³/mol. The molecular weight excluding hydrogens is 512 g/mol. The number of rotatable bonds is 6. The Morgan fingerprint density at radius 1 is 1.14 bits per heavy atom. The lowest BCUT2D eigenvalue weighted by molar-refractivity contribution is -0.184. The first-order chi connectivity index (χ1) is 17.1. The van der Waals surface area contributed by atoms with E-state index in [1.807, 2.05) is 0 Å². The summed E-state index contributed by atoms with van der Waals surface area (Å²) in [5.41, 5.74) is -1.98. The SMILES string of the molecule is CC(=O)OC[C@H]1O[C@@H](n2cc(NC(=O)OC(C)(C)C)c3c(Cl)ncnc32)[C@](C)(OC(C)=O)[C@@H]1OC(C)=O. The fraction of sp³-hybridized carbons (Fsp3) is 0.565. The maximum Gasteiger partial charge on any atom is 0.412 e. The van der Waals surface area contributed by atoms with Gasteiger partial charge in [-0.05, 0) is 27.7 Å². The second kappa shape index (κ2) is 10.5. The first kappa shape index (κ1) is 28.1. The molecule has 1 aliphatic heterocycles. The van der Waals surface area contributed by atoms with Crippen LogP contribution >= 0.6 is 11.6 Å². The summed E-state index contributed by atoms with van der Waals surface area (Å²) >= 11 is 6.36. The first-order valence-electron chi connectivity index (χ1n) is 11.3. The zero-order valence-electron chi connectivity index (χ0n) is 21.5. The normalized spacial score (nSPS) is 23.4. The Hall–Kier alpha value is -3.45. The molecule has 37 heavy (non-hydrogen) atoms. The van der Waals surface area contributed by atoms with Gasteiger partial charge >= 0.3 is 24.0 Å². The van der Waals surface area contributed by atoms with Gasteiger partial charge in [-0.15, -0.1) is 0 Å². The lowest BCUT2D eigenvalue weighted by Crippen LogP contribution is -2.50. The van der Waals surface area contributed by atoms with Gasteiger partial charge in [0.25, 0.3) is 0 Å². The average Bonchev–Trinajstić information content (AvgIpc) is 3.20. The standard InChI is InChI=1S/C23H29ClN4O9/c1-11(29)33-9-15-17(34-12(2)30)23(7,36-13(3)31)20(35-15)28-8-14(27-21(32)37-22(4,5)6)16-18(24)25-10-26-19(16)28/h8,10,15,17,20H,9H2,1-7H3,(H,27,32)/t15-,17-,20-,23-/m1/s1. The third kappa shape index (κ3) is 6.28. The molecule has 202 valence electrons. The van der Waals surface area contributed by atoms with E-state index < -0.39 is 53.6 Å². The number of amides is 1. The Labute approximate surface area is 217 Å². The zero-order valence-corrected chi connectivity index (χ0v) is 22.2. The molecule has 1 N–H and O–H groups in total. The number of anilines is 1. The molecule has 1 aliphatic rings. The molecule has 1 amide bonds. The maximum absolute atomic E-state index is 12.5. The summed E-state index contributed by atoms with van der Waals surface area (Å²) in [4.78, 5) is 56.4. The van der Waals surface area contributed by atoms with E-state index in [0.29, 0.717) is 0 Å². The molecule has 3 heterocycles. The van der Waals surface area contributed by atoms with Crippen molar-refractivity contribution >= 4 is 52.3 Å². The van der Waals surface area contributed by atoms with Crippen LogP contribution in [0, 0.1) is 0 Å². The first-order valence-corrected chi connectivity index (χ1v) is 11.7. The van der Waals surface area contributed by atoms with Gasteiger partial charge in [0.05, 0.1) is 11.1 Å². The number of carbonyl (C=O) groups is 4. The number of ether oxygens (including phenoxy) is 5. The van der Waals surface area contributed by atoms with Crippen molar-refractivity contribution in [3.05, 3.63) is 17.7 Å². The molecule has 0 radical (unpaired) electrons. The molecule has 2 aromatic rings. The highest BCUT2D eigenvalue weighted by Gasteiger charge is 2.60. The van der Waals surface area contributed by atoms with Gasteiger partial charge in [-0.25, -0.2) is 14.8 Å². The molecule has 0 spiro atoms. The smallest absolute Gasteiger partial charge is 0.412 e. The molecule has 13 nitrogen and oxygen atoms in total. The van der Waals surface area contributed by atoms with E-state index in [1.54, 1.807) is 20.8 Å². The van der Waals surface area contributed by atoms with Crippen LogP contribution in [0.3, 0.4) is 0 Å². The fourth-order valence-corrected chi connectivity index (χ4v) is 4.30. The number of hydrogen-bond donors (Lipinski definition) is 1. The quantitative estimate of drug-likeness (QED) is 0.326. The van der Waals surface area contributed by atoms with Crippen molar-refractivity contribution in [2.45, 2.75) is 78.1 Å². The van der Waals surface area contributed by atoms with Gasteiger partial charge in [-0.2, -0.15) is 0 Å². The number of esters is 3. The van der Waals surface area contributed by atoms with Crippen LogP contribution in [-0.4, -0.2) is 68.6 Å². The van der Waals surface area contributed by atoms with E-state index in [9.17, 15) is 19.2 Å². The van der Waals surface area contributed by atoms with E-state index >= 15 is 0 Å². The largest absolute Gasteiger partial charge is 0.463 e. The van der Waals surface area contributed by atoms with E-state index in [2.05, 4.69) is 15.3 Å². The van der Waals surface area contributed by atoms with Crippen molar-refractivity contribution in [2.24, 2.45) is 0 Å². The summed E-state index contributed by atoms with van der Waals surface area (Å²) in [6.45, 7) is 9.93. The molecule has 14 heteroatoms. The summed E-state index contributed by atoms with van der Waals surface area (Å²) in [7, 11) is 0. The van der Waals surface area contributed by atoms with Crippen LogP contribution in [0.25, 0.3) is 11.0 Å². The summed E-state index contributed by atoms with van der Waals surface area (Å²) < 4.78 is 29.2. The van der Waals surface area contributed by atoms with Gasteiger partial charge in [-0.1, -0.05) is 11.6 Å². The van der Waals surface area contributed by atoms with Crippen molar-refractivity contribution in [1.29, 1.82) is 0 Å². The van der Waals surface area contributed by atoms with E-state index in [0.717, 1.165) is 0 Å². The molecule has 2 aromatic heterocycles. The second-order valence-corrected chi connectivity index (χ2v) is 9.94. The lowest BCUT2D eigenvalue weighted by Gasteiger charge is -2.34. The Bertz CT molecular complexity index is 1220. The van der Waals surface area contributed by atoms with Crippen LogP contribution in [0.15, 0.2) is 12.5 Å². The lowest BCUT2D eigenvalue weighted by atomic mass is 9.95. The van der Waals surface area contributed by atoms with Gasteiger partial charge in [-0.3, -0.25) is 24.3 Å². The van der Waals surface area contributed by atoms with Crippen LogP contribution in [0.1, 0.15) is 54.7 Å². The molecule has 0 unspecified atom stereocenters. The Kier molecular flexibility index (Phi) is 7.98. The number of nitrogens with one attached hydrogen (secondary N) is 1. The molecule has 0 aromatic carbocycles. The Balaban J connectivity index is 2.14. The van der Waals surface area contributed by atoms with Gasteiger partial charge < -0.3 is 23.7 Å². The number of fused-ring (bicyclic) bond motifs is 1.